The number of unbranched alkanes of at least 4 members (excludes halogenated alkanes) is 1. The number of hydrogen-bond acceptors (Lipinski definition) is 2. The first-order chi connectivity index (χ1) is 8.45. The van der Waals surface area contributed by atoms with Crippen molar-refractivity contribution in [3.8, 4) is 0 Å². The molecule has 0 aliphatic heterocycles. The normalized spacial score (nSPS) is 12.2. The Bertz CT molecular complexity index is 435. The average molecular weight is 290 g/mol. The second kappa shape index (κ2) is 6.86. The second-order valence-corrected chi connectivity index (χ2v) is 5.07. The van der Waals surface area contributed by atoms with Crippen molar-refractivity contribution in [2.45, 2.75) is 39.2 Å². The number of anilines is 1. The number of aliphatic carboxylic acids is 1. The molecule has 0 saturated heterocycles. The third-order valence-corrected chi connectivity index (χ3v) is 3.44. The van der Waals surface area contributed by atoms with Crippen LogP contribution in [0.5, 0.6) is 0 Å². The van der Waals surface area contributed by atoms with E-state index in [0.29, 0.717) is 22.2 Å². The van der Waals surface area contributed by atoms with E-state index in [2.05, 4.69) is 5.32 Å². The van der Waals surface area contributed by atoms with Gasteiger partial charge in [-0.05, 0) is 31.0 Å². The van der Waals surface area contributed by atoms with E-state index in [4.69, 9.17) is 28.3 Å². The maximum absolute atomic E-state index is 11.1. The summed E-state index contributed by atoms with van der Waals surface area (Å²) in [4.78, 5) is 11.1. The van der Waals surface area contributed by atoms with Gasteiger partial charge in [-0.3, -0.25) is 0 Å². The zero-order valence-electron chi connectivity index (χ0n) is 10.5. The van der Waals surface area contributed by atoms with Crippen LogP contribution in [0.1, 0.15) is 31.7 Å². The Kier molecular flexibility index (Phi) is 5.76. The Morgan fingerprint density at radius 1 is 1.39 bits per heavy atom. The molecule has 18 heavy (non-hydrogen) atoms. The minimum atomic E-state index is -0.879. The van der Waals surface area contributed by atoms with Crippen molar-refractivity contribution in [3.63, 3.8) is 0 Å². The van der Waals surface area contributed by atoms with E-state index < -0.39 is 12.0 Å². The molecular weight excluding hydrogens is 273 g/mol. The van der Waals surface area contributed by atoms with Gasteiger partial charge in [-0.1, -0.05) is 43.0 Å². The van der Waals surface area contributed by atoms with Crippen molar-refractivity contribution in [2.75, 3.05) is 5.32 Å². The van der Waals surface area contributed by atoms with Gasteiger partial charge in [0.2, 0.25) is 0 Å². The summed E-state index contributed by atoms with van der Waals surface area (Å²) in [5.41, 5.74) is 1.43. The van der Waals surface area contributed by atoms with E-state index in [-0.39, 0.29) is 0 Å². The van der Waals surface area contributed by atoms with Gasteiger partial charge in [-0.25, -0.2) is 4.79 Å². The lowest BCUT2D eigenvalue weighted by Gasteiger charge is -2.17. The van der Waals surface area contributed by atoms with Crippen LogP contribution in [-0.4, -0.2) is 17.1 Å². The van der Waals surface area contributed by atoms with Gasteiger partial charge in [-0.15, -0.1) is 0 Å². The Balaban J connectivity index is 2.86. The van der Waals surface area contributed by atoms with Crippen LogP contribution in [0.4, 0.5) is 5.69 Å². The fraction of sp³-hybridized carbons (Fsp3) is 0.462. The van der Waals surface area contributed by atoms with Gasteiger partial charge in [-0.2, -0.15) is 0 Å². The van der Waals surface area contributed by atoms with Gasteiger partial charge >= 0.3 is 5.97 Å². The minimum Gasteiger partial charge on any atom is -0.480 e. The third-order valence-electron chi connectivity index (χ3n) is 2.72. The number of nitrogens with one attached hydrogen (secondary N) is 1. The Labute approximate surface area is 117 Å². The van der Waals surface area contributed by atoms with Crippen LogP contribution in [0.2, 0.25) is 10.0 Å². The molecular formula is C13H17Cl2NO2. The first-order valence-corrected chi connectivity index (χ1v) is 6.66. The first-order valence-electron chi connectivity index (χ1n) is 5.90. The van der Waals surface area contributed by atoms with E-state index in [0.717, 1.165) is 18.4 Å². The molecule has 0 bridgehead atoms. The summed E-state index contributed by atoms with van der Waals surface area (Å²) >= 11 is 12.1. The van der Waals surface area contributed by atoms with Crippen molar-refractivity contribution >= 4 is 34.9 Å². The maximum Gasteiger partial charge on any atom is 0.326 e. The van der Waals surface area contributed by atoms with Gasteiger partial charge in [0, 0.05) is 5.02 Å². The number of halogens is 2. The van der Waals surface area contributed by atoms with Gasteiger partial charge in [0.15, 0.2) is 0 Å². The van der Waals surface area contributed by atoms with E-state index in [1.807, 2.05) is 13.8 Å². The molecule has 1 aromatic carbocycles. The highest BCUT2D eigenvalue weighted by atomic mass is 35.5. The fourth-order valence-electron chi connectivity index (χ4n) is 1.61. The number of aryl methyl sites for hydroxylation is 1. The molecule has 1 unspecified atom stereocenters. The van der Waals surface area contributed by atoms with Crippen molar-refractivity contribution in [1.29, 1.82) is 0 Å². The molecule has 5 heteroatoms. The summed E-state index contributed by atoms with van der Waals surface area (Å²) in [7, 11) is 0. The summed E-state index contributed by atoms with van der Waals surface area (Å²) < 4.78 is 0. The molecule has 0 aliphatic rings. The van der Waals surface area contributed by atoms with Crippen LogP contribution in [-0.2, 0) is 4.79 Å². The molecule has 0 aromatic heterocycles. The molecule has 0 saturated carbocycles. The van der Waals surface area contributed by atoms with Crippen molar-refractivity contribution in [1.82, 2.24) is 0 Å². The molecule has 0 aliphatic carbocycles. The Morgan fingerprint density at radius 2 is 2.06 bits per heavy atom. The monoisotopic (exact) mass is 289 g/mol. The fourth-order valence-corrected chi connectivity index (χ4v) is 2.05. The maximum atomic E-state index is 11.1. The van der Waals surface area contributed by atoms with E-state index in [9.17, 15) is 4.79 Å². The number of hydrogen-bond donors (Lipinski definition) is 2. The molecule has 1 aromatic rings. The first kappa shape index (κ1) is 15.1. The summed E-state index contributed by atoms with van der Waals surface area (Å²) in [6.45, 7) is 3.87. The molecule has 0 fully saturated rings. The van der Waals surface area contributed by atoms with E-state index >= 15 is 0 Å². The molecule has 0 amide bonds. The Morgan fingerprint density at radius 3 is 2.61 bits per heavy atom. The smallest absolute Gasteiger partial charge is 0.326 e. The molecule has 0 radical (unpaired) electrons. The van der Waals surface area contributed by atoms with Crippen LogP contribution >= 0.6 is 23.2 Å². The number of carbonyl (C=O) groups is 1. The van der Waals surface area contributed by atoms with Gasteiger partial charge in [0.25, 0.3) is 0 Å². The number of carboxylic acid groups (broad SMARTS) is 1. The van der Waals surface area contributed by atoms with Crippen LogP contribution in [0, 0.1) is 6.92 Å². The van der Waals surface area contributed by atoms with Crippen LogP contribution in [0.3, 0.4) is 0 Å². The lowest BCUT2D eigenvalue weighted by molar-refractivity contribution is -0.138. The third kappa shape index (κ3) is 4.07. The summed E-state index contributed by atoms with van der Waals surface area (Å²) in [6, 6.07) is 2.76. The van der Waals surface area contributed by atoms with Crippen LogP contribution in [0.25, 0.3) is 0 Å². The van der Waals surface area contributed by atoms with Gasteiger partial charge < -0.3 is 10.4 Å². The van der Waals surface area contributed by atoms with Crippen LogP contribution in [0.15, 0.2) is 12.1 Å². The minimum absolute atomic E-state index is 0.486. The highest BCUT2D eigenvalue weighted by Gasteiger charge is 2.18. The van der Waals surface area contributed by atoms with Crippen LogP contribution < -0.4 is 5.32 Å². The quantitative estimate of drug-likeness (QED) is 0.818. The zero-order chi connectivity index (χ0) is 13.7. The van der Waals surface area contributed by atoms with Gasteiger partial charge in [0.05, 0.1) is 10.7 Å². The van der Waals surface area contributed by atoms with Crippen molar-refractivity contribution < 1.29 is 9.90 Å². The summed E-state index contributed by atoms with van der Waals surface area (Å²) in [5, 5.41) is 13.1. The second-order valence-electron chi connectivity index (χ2n) is 4.26. The summed E-state index contributed by atoms with van der Waals surface area (Å²) in [6.07, 6.45) is 2.36. The lowest BCUT2D eigenvalue weighted by Crippen LogP contribution is -2.29. The molecule has 1 atom stereocenters. The number of carboxylic acids is 1. The molecule has 0 spiro atoms. The standard InChI is InChI=1S/C13H17Cl2NO2/c1-3-4-5-11(13(17)18)16-12-7-9(14)8(2)6-10(12)15/h6-7,11,16H,3-5H2,1-2H3,(H,17,18). The zero-order valence-corrected chi connectivity index (χ0v) is 12.0. The number of rotatable bonds is 6. The highest BCUT2D eigenvalue weighted by molar-refractivity contribution is 6.35. The van der Waals surface area contributed by atoms with E-state index in [1.54, 1.807) is 12.1 Å². The van der Waals surface area contributed by atoms with Gasteiger partial charge in [0.1, 0.15) is 6.04 Å². The highest BCUT2D eigenvalue weighted by Crippen LogP contribution is 2.29. The summed E-state index contributed by atoms with van der Waals surface area (Å²) in [5.74, 6) is -0.879. The lowest BCUT2D eigenvalue weighted by atomic mass is 10.1. The Hall–Kier alpha value is -0.930. The molecule has 1 rings (SSSR count). The van der Waals surface area contributed by atoms with Crippen molar-refractivity contribution in [2.24, 2.45) is 0 Å². The molecule has 100 valence electrons. The average Bonchev–Trinajstić information content (AvgIpc) is 2.30. The topological polar surface area (TPSA) is 49.3 Å². The molecule has 3 nitrogen and oxygen atoms in total. The van der Waals surface area contributed by atoms with E-state index in [1.165, 1.54) is 0 Å². The van der Waals surface area contributed by atoms with Crippen molar-refractivity contribution in [3.05, 3.63) is 27.7 Å². The SMILES string of the molecule is CCCCC(Nc1cc(Cl)c(C)cc1Cl)C(=O)O. The largest absolute Gasteiger partial charge is 0.480 e. The molecule has 0 heterocycles. The predicted octanol–water partition coefficient (Wildman–Crippen LogP) is 4.36. The molecule has 2 N–H and O–H groups in total. The number of benzene rings is 1. The predicted molar refractivity (Wildman–Crippen MR) is 75.8 cm³/mol.